The number of nitrogens with one attached hydrogen (secondary N) is 8. The molecule has 1 fully saturated rings. The van der Waals surface area contributed by atoms with Gasteiger partial charge < -0.3 is 68.5 Å². The number of hydrogen-bond donors (Lipinski definition) is 13. The van der Waals surface area contributed by atoms with E-state index in [0.717, 1.165) is 0 Å². The molecule has 1 aliphatic heterocycles. The van der Waals surface area contributed by atoms with Gasteiger partial charge in [0, 0.05) is 12.3 Å². The van der Waals surface area contributed by atoms with Gasteiger partial charge in [0.15, 0.2) is 0 Å². The van der Waals surface area contributed by atoms with Crippen LogP contribution in [0.3, 0.4) is 0 Å². The van der Waals surface area contributed by atoms with Crippen molar-refractivity contribution in [3.63, 3.8) is 0 Å². The van der Waals surface area contributed by atoms with Gasteiger partial charge in [-0.3, -0.25) is 47.9 Å². The summed E-state index contributed by atoms with van der Waals surface area (Å²) in [5, 5.41) is 50.5. The van der Waals surface area contributed by atoms with Gasteiger partial charge in [-0.05, 0) is 69.1 Å². The van der Waals surface area contributed by atoms with E-state index < -0.39 is 144 Å². The zero-order valence-electron chi connectivity index (χ0n) is 42.8. The van der Waals surface area contributed by atoms with E-state index in [2.05, 4.69) is 55.2 Å². The number of likely N-dealkylation sites (tertiary alicyclic amines) is 1. The molecule has 0 aliphatic carbocycles. The first-order chi connectivity index (χ1) is 32.5. The van der Waals surface area contributed by atoms with Gasteiger partial charge in [-0.2, -0.15) is 12.6 Å². The molecule has 24 heteroatoms. The van der Waals surface area contributed by atoms with Crippen molar-refractivity contribution in [2.75, 3.05) is 18.9 Å². The summed E-state index contributed by atoms with van der Waals surface area (Å²) in [7, 11) is 0. The number of carboxylic acid groups (broad SMARTS) is 1. The lowest BCUT2D eigenvalue weighted by Gasteiger charge is -2.31. The molecular weight excluding hydrogens is 933 g/mol. The molecule has 0 aromatic rings. The lowest BCUT2D eigenvalue weighted by atomic mass is 9.96. The number of carbonyl (C=O) groups is 10. The predicted molar refractivity (Wildman–Crippen MR) is 262 cm³/mol. The number of thiol groups is 1. The van der Waals surface area contributed by atoms with Crippen molar-refractivity contribution in [2.45, 2.75) is 182 Å². The molecule has 0 radical (unpaired) electrons. The third kappa shape index (κ3) is 19.6. The number of nitrogens with zero attached hydrogens (tertiary/aromatic N) is 1. The number of carbonyl (C=O) groups excluding carboxylic acids is 9. The van der Waals surface area contributed by atoms with E-state index in [4.69, 9.17) is 5.73 Å². The second-order valence-electron chi connectivity index (χ2n) is 19.7. The Morgan fingerprint density at radius 3 is 1.51 bits per heavy atom. The molecule has 9 amide bonds. The second-order valence-corrected chi connectivity index (χ2v) is 20.1. The molecule has 0 bridgehead atoms. The highest BCUT2D eigenvalue weighted by Crippen LogP contribution is 2.20. The van der Waals surface area contributed by atoms with Crippen LogP contribution in [0.5, 0.6) is 0 Å². The lowest BCUT2D eigenvalue weighted by Crippen LogP contribution is -2.63. The van der Waals surface area contributed by atoms with Crippen molar-refractivity contribution < 1.29 is 63.3 Å². The van der Waals surface area contributed by atoms with Gasteiger partial charge in [0.1, 0.15) is 54.4 Å². The number of hydrogen-bond acceptors (Lipinski definition) is 14. The summed E-state index contributed by atoms with van der Waals surface area (Å²) in [5.41, 5.74) is 5.95. The van der Waals surface area contributed by atoms with Crippen LogP contribution in [0.4, 0.5) is 0 Å². The molecule has 0 saturated carbocycles. The molecule has 0 spiro atoms. The van der Waals surface area contributed by atoms with E-state index in [1.807, 2.05) is 0 Å². The molecule has 70 heavy (non-hydrogen) atoms. The molecular formula is C46H82N10O13S. The van der Waals surface area contributed by atoms with Gasteiger partial charge in [0.2, 0.25) is 53.2 Å². The largest absolute Gasteiger partial charge is 0.480 e. The Hall–Kier alpha value is -5.07. The summed E-state index contributed by atoms with van der Waals surface area (Å²) in [4.78, 5) is 135. The Labute approximate surface area is 417 Å². The molecule has 0 unspecified atom stereocenters. The Morgan fingerprint density at radius 1 is 0.600 bits per heavy atom. The SMILES string of the molecule is CC[C@H](C)[C@H](NC(=O)[C@H](CC(C)C)NC(=O)[C@H](CO)NC(=O)[C@H](CC(C)C)NC(=O)[C@@H](NC(=O)[C@@H](NC(=O)[C@@H]1CCCN1C(=O)[C@H](CS)NC(=O)[C@@H](N)C(C)C)[C@@H](C)O)C(C)C)C(=O)N[C@@H](C)C(=O)O. The Bertz CT molecular complexity index is 1820. The van der Waals surface area contributed by atoms with Crippen molar-refractivity contribution in [3.8, 4) is 0 Å². The van der Waals surface area contributed by atoms with Gasteiger partial charge in [-0.1, -0.05) is 75.7 Å². The zero-order chi connectivity index (χ0) is 53.9. The smallest absolute Gasteiger partial charge is 0.325 e. The molecule has 23 nitrogen and oxygen atoms in total. The van der Waals surface area contributed by atoms with E-state index in [-0.39, 0.29) is 49.3 Å². The van der Waals surface area contributed by atoms with Crippen LogP contribution in [0.2, 0.25) is 0 Å². The van der Waals surface area contributed by atoms with E-state index in [1.54, 1.807) is 69.2 Å². The van der Waals surface area contributed by atoms with Crippen molar-refractivity contribution in [1.29, 1.82) is 0 Å². The summed E-state index contributed by atoms with van der Waals surface area (Å²) in [6.07, 6.45) is -0.327. The van der Waals surface area contributed by atoms with Crippen LogP contribution in [0, 0.1) is 29.6 Å². The van der Waals surface area contributed by atoms with E-state index in [1.165, 1.54) is 18.7 Å². The summed E-state index contributed by atoms with van der Waals surface area (Å²) in [6.45, 7) is 19.0. The summed E-state index contributed by atoms with van der Waals surface area (Å²) < 4.78 is 0. The number of amides is 9. The average Bonchev–Trinajstić information content (AvgIpc) is 3.78. The van der Waals surface area contributed by atoms with Gasteiger partial charge >= 0.3 is 5.97 Å². The molecule has 0 aromatic heterocycles. The molecule has 1 aliphatic rings. The number of rotatable bonds is 29. The standard InChI is InChI=1S/C46H82N10O13S/c1-13-25(10)35(43(65)48-26(11)46(68)69)54-38(60)29(18-22(4)5)49-39(61)30(19-57)51-37(59)28(17-21(2)3)50-42(64)34(24(8)9)53-44(66)36(27(12)58)55-40(62)32-15-14-16-56(32)45(67)31(20-70)52-41(63)33(47)23(6)7/h21-36,57-58,70H,13-20,47H2,1-12H3,(H,48,65)(H,49,61)(H,50,64)(H,51,59)(H,52,63)(H,53,66)(H,54,60)(H,55,62)(H,68,69)/t25-,26-,27+,28-,29-,30-,31-,32-,33-,34-,35-,36-/m0/s1. The monoisotopic (exact) mass is 1010 g/mol. The van der Waals surface area contributed by atoms with Crippen LogP contribution in [0.15, 0.2) is 0 Å². The van der Waals surface area contributed by atoms with Crippen molar-refractivity contribution >= 4 is 71.8 Å². The van der Waals surface area contributed by atoms with Gasteiger partial charge in [-0.15, -0.1) is 0 Å². The van der Waals surface area contributed by atoms with Crippen LogP contribution >= 0.6 is 12.6 Å². The normalized spacial score (nSPS) is 18.5. The zero-order valence-corrected chi connectivity index (χ0v) is 43.7. The first-order valence-electron chi connectivity index (χ1n) is 24.1. The summed E-state index contributed by atoms with van der Waals surface area (Å²) in [6, 6.07) is -12.6. The van der Waals surface area contributed by atoms with Gasteiger partial charge in [0.25, 0.3) is 0 Å². The van der Waals surface area contributed by atoms with Crippen LogP contribution in [0.25, 0.3) is 0 Å². The summed E-state index contributed by atoms with van der Waals surface area (Å²) in [5.74, 6) is -10.1. The minimum atomic E-state index is -1.63. The molecule has 400 valence electrons. The maximum atomic E-state index is 13.9. The van der Waals surface area contributed by atoms with Crippen molar-refractivity contribution in [1.82, 2.24) is 47.4 Å². The molecule has 0 aromatic carbocycles. The second kappa shape index (κ2) is 30.0. The highest BCUT2D eigenvalue weighted by atomic mass is 32.1. The first kappa shape index (κ1) is 62.9. The van der Waals surface area contributed by atoms with Gasteiger partial charge in [-0.25, -0.2) is 0 Å². The molecule has 12 atom stereocenters. The van der Waals surface area contributed by atoms with Crippen molar-refractivity contribution in [3.05, 3.63) is 0 Å². The highest BCUT2D eigenvalue weighted by molar-refractivity contribution is 7.80. The van der Waals surface area contributed by atoms with E-state index in [9.17, 15) is 63.3 Å². The molecule has 1 saturated heterocycles. The predicted octanol–water partition coefficient (Wildman–Crippen LogP) is -1.96. The third-order valence-corrected chi connectivity index (χ3v) is 12.3. The highest BCUT2D eigenvalue weighted by Gasteiger charge is 2.41. The van der Waals surface area contributed by atoms with Crippen LogP contribution in [-0.2, 0) is 47.9 Å². The minimum absolute atomic E-state index is 0.0271. The Balaban J connectivity index is 3.25. The molecule has 1 heterocycles. The molecule has 1 rings (SSSR count). The minimum Gasteiger partial charge on any atom is -0.480 e. The maximum absolute atomic E-state index is 13.9. The fourth-order valence-electron chi connectivity index (χ4n) is 7.42. The first-order valence-corrected chi connectivity index (χ1v) is 24.8. The quantitative estimate of drug-likeness (QED) is 0.0362. The third-order valence-electron chi connectivity index (χ3n) is 12.0. The summed E-state index contributed by atoms with van der Waals surface area (Å²) >= 11 is 4.22. The number of nitrogens with two attached hydrogens (primary N) is 1. The van der Waals surface area contributed by atoms with Gasteiger partial charge in [0.05, 0.1) is 18.8 Å². The van der Waals surface area contributed by atoms with E-state index in [0.29, 0.717) is 12.8 Å². The number of aliphatic carboxylic acids is 1. The average molecular weight is 1020 g/mol. The Kier molecular flexibility index (Phi) is 26.9. The number of aliphatic hydroxyl groups is 2. The topological polar surface area (TPSA) is 357 Å². The maximum Gasteiger partial charge on any atom is 0.325 e. The molecule has 13 N–H and O–H groups in total. The van der Waals surface area contributed by atoms with Crippen LogP contribution in [0.1, 0.15) is 115 Å². The fourth-order valence-corrected chi connectivity index (χ4v) is 7.67. The number of carboxylic acids is 1. The van der Waals surface area contributed by atoms with E-state index >= 15 is 0 Å². The Morgan fingerprint density at radius 2 is 1.06 bits per heavy atom. The lowest BCUT2D eigenvalue weighted by molar-refractivity contribution is -0.142. The van der Waals surface area contributed by atoms with Crippen molar-refractivity contribution in [2.24, 2.45) is 35.3 Å². The fraction of sp³-hybridized carbons (Fsp3) is 0.783. The van der Waals surface area contributed by atoms with Crippen LogP contribution < -0.4 is 48.3 Å². The van der Waals surface area contributed by atoms with Crippen LogP contribution in [-0.4, -0.2) is 165 Å². The number of aliphatic hydroxyl groups excluding tert-OH is 2.